The number of aryl methyl sites for hydroxylation is 1. The standard InChI is InChI=1S/C21H14ClN5O4/c1-2-15-17(22)16-18(25-15)26-21(31-14-6-11(8-23)9-24-10-14)27-19(16)30-13-5-3-4-12(7-13)20(28)29/h3-7,9-10H,2H2,1H3,(H,28,29)(H,25,26,27). The third-order valence-electron chi connectivity index (χ3n) is 4.31. The van der Waals surface area contributed by atoms with Crippen molar-refractivity contribution in [3.8, 4) is 29.5 Å². The van der Waals surface area contributed by atoms with Gasteiger partial charge in [-0.05, 0) is 24.6 Å². The Labute approximate surface area is 180 Å². The van der Waals surface area contributed by atoms with Crippen molar-refractivity contribution >= 4 is 28.6 Å². The number of aromatic nitrogens is 4. The summed E-state index contributed by atoms with van der Waals surface area (Å²) in [5.74, 6) is -0.465. The number of carbonyl (C=O) groups is 1. The van der Waals surface area contributed by atoms with Gasteiger partial charge in [-0.25, -0.2) is 4.79 Å². The van der Waals surface area contributed by atoms with Gasteiger partial charge in [0.2, 0.25) is 5.88 Å². The fourth-order valence-electron chi connectivity index (χ4n) is 2.87. The second kappa shape index (κ2) is 8.30. The monoisotopic (exact) mass is 435 g/mol. The van der Waals surface area contributed by atoms with Gasteiger partial charge in [0.1, 0.15) is 22.9 Å². The number of H-pyrrole nitrogens is 1. The molecule has 0 aliphatic rings. The highest BCUT2D eigenvalue weighted by atomic mass is 35.5. The van der Waals surface area contributed by atoms with Crippen LogP contribution in [0, 0.1) is 11.3 Å². The lowest BCUT2D eigenvalue weighted by atomic mass is 10.2. The third kappa shape index (κ3) is 4.10. The molecule has 0 fully saturated rings. The van der Waals surface area contributed by atoms with Crippen molar-refractivity contribution < 1.29 is 19.4 Å². The number of fused-ring (bicyclic) bond motifs is 1. The first kappa shape index (κ1) is 20.1. The molecule has 2 N–H and O–H groups in total. The zero-order valence-corrected chi connectivity index (χ0v) is 16.8. The van der Waals surface area contributed by atoms with E-state index in [1.807, 2.05) is 13.0 Å². The summed E-state index contributed by atoms with van der Waals surface area (Å²) in [5, 5.41) is 19.1. The van der Waals surface area contributed by atoms with Gasteiger partial charge >= 0.3 is 12.0 Å². The summed E-state index contributed by atoms with van der Waals surface area (Å²) in [5.41, 5.74) is 1.51. The Morgan fingerprint density at radius 3 is 2.81 bits per heavy atom. The molecule has 4 rings (SSSR count). The summed E-state index contributed by atoms with van der Waals surface area (Å²) < 4.78 is 11.6. The van der Waals surface area contributed by atoms with E-state index in [1.165, 1.54) is 30.6 Å². The molecule has 4 aromatic rings. The molecule has 1 aromatic carbocycles. The van der Waals surface area contributed by atoms with Crippen LogP contribution >= 0.6 is 11.6 Å². The summed E-state index contributed by atoms with van der Waals surface area (Å²) in [6, 6.07) is 9.40. The highest BCUT2D eigenvalue weighted by Gasteiger charge is 2.20. The van der Waals surface area contributed by atoms with Crippen molar-refractivity contribution in [2.45, 2.75) is 13.3 Å². The topological polar surface area (TPSA) is 134 Å². The Balaban J connectivity index is 1.80. The van der Waals surface area contributed by atoms with E-state index in [0.29, 0.717) is 28.0 Å². The van der Waals surface area contributed by atoms with E-state index >= 15 is 0 Å². The molecule has 0 aliphatic heterocycles. The molecule has 0 unspecified atom stereocenters. The largest absolute Gasteiger partial charge is 0.478 e. The van der Waals surface area contributed by atoms with Gasteiger partial charge in [-0.2, -0.15) is 15.2 Å². The number of hydrogen-bond donors (Lipinski definition) is 2. The first-order chi connectivity index (χ1) is 15.0. The molecule has 3 heterocycles. The van der Waals surface area contributed by atoms with Crippen LogP contribution in [0.5, 0.6) is 23.4 Å². The summed E-state index contributed by atoms with van der Waals surface area (Å²) in [6.45, 7) is 1.93. The molecule has 0 saturated heterocycles. The number of nitrogens with zero attached hydrogens (tertiary/aromatic N) is 4. The number of carboxylic acids is 1. The van der Waals surface area contributed by atoms with Crippen LogP contribution in [0.15, 0.2) is 42.7 Å². The number of pyridine rings is 1. The van der Waals surface area contributed by atoms with E-state index in [4.69, 9.17) is 26.3 Å². The van der Waals surface area contributed by atoms with Crippen molar-refractivity contribution in [3.63, 3.8) is 0 Å². The van der Waals surface area contributed by atoms with Gasteiger partial charge in [0.05, 0.1) is 22.3 Å². The second-order valence-electron chi connectivity index (χ2n) is 6.36. The van der Waals surface area contributed by atoms with Crippen LogP contribution in [-0.2, 0) is 6.42 Å². The van der Waals surface area contributed by atoms with E-state index in [0.717, 1.165) is 5.69 Å². The van der Waals surface area contributed by atoms with Gasteiger partial charge in [-0.15, -0.1) is 0 Å². The van der Waals surface area contributed by atoms with Crippen LogP contribution in [-0.4, -0.2) is 31.0 Å². The number of aromatic amines is 1. The lowest BCUT2D eigenvalue weighted by Gasteiger charge is -2.09. The maximum atomic E-state index is 11.3. The lowest BCUT2D eigenvalue weighted by molar-refractivity contribution is 0.0696. The highest BCUT2D eigenvalue weighted by Crippen LogP contribution is 2.37. The highest BCUT2D eigenvalue weighted by molar-refractivity contribution is 6.36. The van der Waals surface area contributed by atoms with Crippen molar-refractivity contribution in [1.82, 2.24) is 19.9 Å². The molecule has 0 radical (unpaired) electrons. The van der Waals surface area contributed by atoms with Crippen LogP contribution in [0.3, 0.4) is 0 Å². The van der Waals surface area contributed by atoms with E-state index in [9.17, 15) is 9.90 Å². The lowest BCUT2D eigenvalue weighted by Crippen LogP contribution is -1.99. The van der Waals surface area contributed by atoms with E-state index in [1.54, 1.807) is 12.1 Å². The second-order valence-corrected chi connectivity index (χ2v) is 6.74. The number of benzene rings is 1. The van der Waals surface area contributed by atoms with Gasteiger partial charge in [0.15, 0.2) is 5.75 Å². The van der Waals surface area contributed by atoms with E-state index in [-0.39, 0.29) is 29.0 Å². The summed E-state index contributed by atoms with van der Waals surface area (Å²) >= 11 is 6.49. The van der Waals surface area contributed by atoms with E-state index < -0.39 is 5.97 Å². The Morgan fingerprint density at radius 1 is 1.23 bits per heavy atom. The predicted molar refractivity (Wildman–Crippen MR) is 111 cm³/mol. The van der Waals surface area contributed by atoms with Crippen LogP contribution in [0.25, 0.3) is 11.0 Å². The number of nitrogens with one attached hydrogen (secondary N) is 1. The van der Waals surface area contributed by atoms with Crippen molar-refractivity contribution in [2.75, 3.05) is 0 Å². The number of aromatic carboxylic acids is 1. The molecule has 0 aliphatic carbocycles. The summed E-state index contributed by atoms with van der Waals surface area (Å²) in [7, 11) is 0. The number of ether oxygens (including phenoxy) is 2. The number of nitriles is 1. The predicted octanol–water partition coefficient (Wildman–Crippen LogP) is 4.72. The maximum absolute atomic E-state index is 11.3. The van der Waals surface area contributed by atoms with Gasteiger partial charge in [0.25, 0.3) is 0 Å². The molecule has 3 aromatic heterocycles. The minimum absolute atomic E-state index is 0.0608. The molecular formula is C21H14ClN5O4. The van der Waals surface area contributed by atoms with Crippen LogP contribution in [0.1, 0.15) is 28.5 Å². The SMILES string of the molecule is CCc1[nH]c2nc(Oc3cncc(C#N)c3)nc(Oc3cccc(C(=O)O)c3)c2c1Cl. The van der Waals surface area contributed by atoms with Crippen molar-refractivity contribution in [1.29, 1.82) is 5.26 Å². The molecule has 9 nitrogen and oxygen atoms in total. The first-order valence-corrected chi connectivity index (χ1v) is 9.48. The average molecular weight is 436 g/mol. The molecule has 0 atom stereocenters. The minimum Gasteiger partial charge on any atom is -0.478 e. The fourth-order valence-corrected chi connectivity index (χ4v) is 3.22. The normalized spacial score (nSPS) is 10.6. The Morgan fingerprint density at radius 2 is 2.06 bits per heavy atom. The number of carboxylic acid groups (broad SMARTS) is 1. The van der Waals surface area contributed by atoms with Gasteiger partial charge in [0, 0.05) is 18.0 Å². The number of rotatable bonds is 6. The van der Waals surface area contributed by atoms with Crippen LogP contribution in [0.2, 0.25) is 5.02 Å². The minimum atomic E-state index is -1.08. The zero-order valence-electron chi connectivity index (χ0n) is 16.1. The molecule has 0 saturated carbocycles. The summed E-state index contributed by atoms with van der Waals surface area (Å²) in [6.07, 6.45) is 3.44. The van der Waals surface area contributed by atoms with Crippen molar-refractivity contribution in [3.05, 3.63) is 64.6 Å². The average Bonchev–Trinajstić information content (AvgIpc) is 3.09. The number of hydrogen-bond acceptors (Lipinski definition) is 7. The zero-order chi connectivity index (χ0) is 22.0. The van der Waals surface area contributed by atoms with Crippen LogP contribution < -0.4 is 9.47 Å². The molecule has 154 valence electrons. The molecule has 31 heavy (non-hydrogen) atoms. The van der Waals surface area contributed by atoms with Crippen LogP contribution in [0.4, 0.5) is 0 Å². The number of halogens is 1. The molecule has 0 bridgehead atoms. The quantitative estimate of drug-likeness (QED) is 0.444. The summed E-state index contributed by atoms with van der Waals surface area (Å²) in [4.78, 5) is 27.0. The van der Waals surface area contributed by atoms with Crippen molar-refractivity contribution in [2.24, 2.45) is 0 Å². The van der Waals surface area contributed by atoms with Gasteiger partial charge in [-0.1, -0.05) is 24.6 Å². The molecular weight excluding hydrogens is 422 g/mol. The Kier molecular flexibility index (Phi) is 5.39. The smallest absolute Gasteiger partial charge is 0.335 e. The first-order valence-electron chi connectivity index (χ1n) is 9.10. The van der Waals surface area contributed by atoms with E-state index in [2.05, 4.69) is 19.9 Å². The molecule has 0 spiro atoms. The maximum Gasteiger partial charge on any atom is 0.335 e. The van der Waals surface area contributed by atoms with Gasteiger partial charge < -0.3 is 19.6 Å². The molecule has 0 amide bonds. The Hall–Kier alpha value is -4.16. The van der Waals surface area contributed by atoms with Gasteiger partial charge in [-0.3, -0.25) is 4.98 Å². The third-order valence-corrected chi connectivity index (χ3v) is 4.73. The Bertz CT molecular complexity index is 1350. The molecule has 10 heteroatoms. The fraction of sp³-hybridized carbons (Fsp3) is 0.0952.